The fourth-order valence-electron chi connectivity index (χ4n) is 7.30. The standard InChI is InChI=1S/C21H31ClO4/c1-12(23)26-13-6-9-20(3)16-7-8-19(2)15(4-5-18(19)24)14(16)10-17(22)21(20,25)11-13/h13-17,25H,4-11H2,1-3H3/t13-,14-,15-,16-,17-,19-,20+,21+/m0/s1. The van der Waals surface area contributed by atoms with Gasteiger partial charge in [-0.15, -0.1) is 11.6 Å². The van der Waals surface area contributed by atoms with E-state index in [0.717, 1.165) is 38.5 Å². The highest BCUT2D eigenvalue weighted by Gasteiger charge is 2.67. The fraction of sp³-hybridized carbons (Fsp3) is 0.905. The van der Waals surface area contributed by atoms with E-state index >= 15 is 0 Å². The number of ketones is 1. The van der Waals surface area contributed by atoms with Crippen LogP contribution in [-0.4, -0.2) is 33.9 Å². The molecule has 0 saturated heterocycles. The Balaban J connectivity index is 1.65. The van der Waals surface area contributed by atoms with Gasteiger partial charge in [-0.05, 0) is 56.3 Å². The topological polar surface area (TPSA) is 63.6 Å². The van der Waals surface area contributed by atoms with Crippen LogP contribution in [0.1, 0.15) is 72.1 Å². The minimum Gasteiger partial charge on any atom is -0.462 e. The van der Waals surface area contributed by atoms with Crippen LogP contribution in [0.5, 0.6) is 0 Å². The molecule has 4 aliphatic carbocycles. The number of rotatable bonds is 1. The summed E-state index contributed by atoms with van der Waals surface area (Å²) in [6.07, 6.45) is 6.16. The third-order valence-electron chi connectivity index (χ3n) is 8.81. The van der Waals surface area contributed by atoms with Gasteiger partial charge in [-0.1, -0.05) is 13.8 Å². The molecule has 0 aromatic heterocycles. The molecule has 0 spiro atoms. The number of hydrogen-bond donors (Lipinski definition) is 1. The molecular weight excluding hydrogens is 352 g/mol. The molecule has 146 valence electrons. The summed E-state index contributed by atoms with van der Waals surface area (Å²) in [5.74, 6) is 1.35. The normalized spacial score (nSPS) is 53.4. The molecule has 5 heteroatoms. The molecule has 4 aliphatic rings. The molecule has 0 amide bonds. The highest BCUT2D eigenvalue weighted by atomic mass is 35.5. The Morgan fingerprint density at radius 3 is 2.62 bits per heavy atom. The largest absolute Gasteiger partial charge is 0.462 e. The van der Waals surface area contributed by atoms with Crippen LogP contribution in [0.4, 0.5) is 0 Å². The number of fused-ring (bicyclic) bond motifs is 5. The molecule has 4 rings (SSSR count). The lowest BCUT2D eigenvalue weighted by Crippen LogP contribution is -2.67. The van der Waals surface area contributed by atoms with E-state index in [0.29, 0.717) is 36.4 Å². The molecule has 4 saturated carbocycles. The van der Waals surface area contributed by atoms with E-state index in [9.17, 15) is 14.7 Å². The van der Waals surface area contributed by atoms with Gasteiger partial charge in [0.2, 0.25) is 0 Å². The number of hydrogen-bond acceptors (Lipinski definition) is 4. The van der Waals surface area contributed by atoms with Crippen molar-refractivity contribution in [1.29, 1.82) is 0 Å². The molecule has 4 fully saturated rings. The van der Waals surface area contributed by atoms with Crippen molar-refractivity contribution in [3.63, 3.8) is 0 Å². The van der Waals surface area contributed by atoms with Crippen LogP contribution in [0, 0.1) is 28.6 Å². The fourth-order valence-corrected chi connectivity index (χ4v) is 7.84. The smallest absolute Gasteiger partial charge is 0.302 e. The first kappa shape index (κ1) is 18.7. The first-order valence-electron chi connectivity index (χ1n) is 10.2. The maximum absolute atomic E-state index is 12.5. The molecule has 0 aromatic rings. The Morgan fingerprint density at radius 2 is 1.92 bits per heavy atom. The maximum Gasteiger partial charge on any atom is 0.302 e. The number of esters is 1. The number of alkyl halides is 1. The summed E-state index contributed by atoms with van der Waals surface area (Å²) >= 11 is 6.84. The van der Waals surface area contributed by atoms with Crippen LogP contribution in [0.2, 0.25) is 0 Å². The molecule has 4 nitrogen and oxygen atoms in total. The Morgan fingerprint density at radius 1 is 1.19 bits per heavy atom. The predicted octanol–water partition coefficient (Wildman–Crippen LogP) is 3.86. The Bertz CT molecular complexity index is 636. The summed E-state index contributed by atoms with van der Waals surface area (Å²) in [5, 5.41) is 11.4. The number of halogens is 1. The van der Waals surface area contributed by atoms with Crippen molar-refractivity contribution in [2.75, 3.05) is 0 Å². The van der Waals surface area contributed by atoms with Crippen molar-refractivity contribution in [3.05, 3.63) is 0 Å². The van der Waals surface area contributed by atoms with Crippen molar-refractivity contribution >= 4 is 23.4 Å². The molecule has 0 aromatic carbocycles. The van der Waals surface area contributed by atoms with E-state index in [4.69, 9.17) is 16.3 Å². The third-order valence-corrected chi connectivity index (χ3v) is 9.35. The minimum atomic E-state index is -1.01. The number of aliphatic hydroxyl groups is 1. The van der Waals surface area contributed by atoms with Gasteiger partial charge in [0.1, 0.15) is 11.9 Å². The molecule has 0 heterocycles. The van der Waals surface area contributed by atoms with E-state index in [2.05, 4.69) is 13.8 Å². The van der Waals surface area contributed by atoms with Gasteiger partial charge in [-0.3, -0.25) is 9.59 Å². The van der Waals surface area contributed by atoms with Gasteiger partial charge in [0.15, 0.2) is 0 Å². The van der Waals surface area contributed by atoms with Crippen molar-refractivity contribution in [1.82, 2.24) is 0 Å². The first-order valence-corrected chi connectivity index (χ1v) is 10.6. The van der Waals surface area contributed by atoms with Gasteiger partial charge in [0.05, 0.1) is 11.0 Å². The van der Waals surface area contributed by atoms with E-state index in [1.807, 2.05) is 0 Å². The molecule has 26 heavy (non-hydrogen) atoms. The van der Waals surface area contributed by atoms with Crippen LogP contribution in [0.3, 0.4) is 0 Å². The summed E-state index contributed by atoms with van der Waals surface area (Å²) in [6, 6.07) is 0. The Hall–Kier alpha value is -0.610. The highest BCUT2D eigenvalue weighted by Crippen LogP contribution is 2.67. The second-order valence-corrected chi connectivity index (χ2v) is 10.3. The Labute approximate surface area is 161 Å². The van der Waals surface area contributed by atoms with Crippen molar-refractivity contribution in [2.45, 2.75) is 89.2 Å². The molecule has 0 radical (unpaired) electrons. The van der Waals surface area contributed by atoms with Crippen molar-refractivity contribution in [2.24, 2.45) is 28.6 Å². The van der Waals surface area contributed by atoms with Gasteiger partial charge in [0.25, 0.3) is 0 Å². The third kappa shape index (κ3) is 2.37. The second-order valence-electron chi connectivity index (χ2n) is 9.81. The van der Waals surface area contributed by atoms with Gasteiger partial charge in [-0.2, -0.15) is 0 Å². The number of carbonyl (C=O) groups excluding carboxylic acids is 2. The van der Waals surface area contributed by atoms with E-state index < -0.39 is 5.60 Å². The highest BCUT2D eigenvalue weighted by molar-refractivity contribution is 6.21. The van der Waals surface area contributed by atoms with Crippen LogP contribution in [-0.2, 0) is 14.3 Å². The van der Waals surface area contributed by atoms with Crippen molar-refractivity contribution in [3.8, 4) is 0 Å². The molecule has 0 bridgehead atoms. The lowest BCUT2D eigenvalue weighted by molar-refractivity contribution is -0.219. The number of ether oxygens (including phenoxy) is 1. The maximum atomic E-state index is 12.5. The monoisotopic (exact) mass is 382 g/mol. The van der Waals surface area contributed by atoms with Gasteiger partial charge >= 0.3 is 5.97 Å². The molecule has 1 N–H and O–H groups in total. The number of Topliss-reactive ketones (excluding diaryl/α,β-unsaturated/α-hetero) is 1. The van der Waals surface area contributed by atoms with Crippen LogP contribution >= 0.6 is 11.6 Å². The lowest BCUT2D eigenvalue weighted by Gasteiger charge is -2.64. The predicted molar refractivity (Wildman–Crippen MR) is 98.8 cm³/mol. The van der Waals surface area contributed by atoms with E-state index in [1.165, 1.54) is 6.92 Å². The zero-order valence-corrected chi connectivity index (χ0v) is 16.8. The molecule has 8 atom stereocenters. The summed E-state index contributed by atoms with van der Waals surface area (Å²) in [4.78, 5) is 23.9. The average molecular weight is 383 g/mol. The SMILES string of the molecule is CC(=O)O[C@H]1CC[C@]2(C)[C@H]3CC[C@]4(C)C(=O)CC[C@H]4[C@@H]3C[C@H](Cl)[C@]2(O)C1. The summed E-state index contributed by atoms with van der Waals surface area (Å²) < 4.78 is 5.43. The van der Waals surface area contributed by atoms with E-state index in [-0.39, 0.29) is 28.3 Å². The number of carbonyl (C=O) groups is 2. The Kier molecular flexibility index (Phi) is 4.28. The molecular formula is C21H31ClO4. The lowest BCUT2D eigenvalue weighted by atomic mass is 9.43. The van der Waals surface area contributed by atoms with Gasteiger partial charge in [0, 0.05) is 30.6 Å². The minimum absolute atomic E-state index is 0.182. The van der Waals surface area contributed by atoms with Gasteiger partial charge in [-0.25, -0.2) is 0 Å². The zero-order valence-electron chi connectivity index (χ0n) is 16.1. The molecule has 0 unspecified atom stereocenters. The zero-order chi connectivity index (χ0) is 18.9. The average Bonchev–Trinajstić information content (AvgIpc) is 2.86. The van der Waals surface area contributed by atoms with Crippen LogP contribution in [0.15, 0.2) is 0 Å². The first-order chi connectivity index (χ1) is 12.1. The summed E-state index contributed by atoms with van der Waals surface area (Å²) in [6.45, 7) is 5.78. The summed E-state index contributed by atoms with van der Waals surface area (Å²) in [5.41, 5.74) is -1.46. The second kappa shape index (κ2) is 5.94. The van der Waals surface area contributed by atoms with Crippen LogP contribution < -0.4 is 0 Å². The van der Waals surface area contributed by atoms with Gasteiger partial charge < -0.3 is 9.84 Å². The van der Waals surface area contributed by atoms with Crippen molar-refractivity contribution < 1.29 is 19.4 Å². The van der Waals surface area contributed by atoms with E-state index in [1.54, 1.807) is 0 Å². The molecule has 0 aliphatic heterocycles. The van der Waals surface area contributed by atoms with Crippen LogP contribution in [0.25, 0.3) is 0 Å². The quantitative estimate of drug-likeness (QED) is 0.552. The summed E-state index contributed by atoms with van der Waals surface area (Å²) in [7, 11) is 0.